The minimum absolute atomic E-state index is 0.0480. The number of nitrogens with one attached hydrogen (secondary N) is 1. The number of aromatic nitrogens is 2. The molecule has 1 aromatic rings. The van der Waals surface area contributed by atoms with E-state index in [4.69, 9.17) is 5.11 Å². The van der Waals surface area contributed by atoms with Gasteiger partial charge in [-0.05, 0) is 26.2 Å². The molecule has 1 unspecified atom stereocenters. The summed E-state index contributed by atoms with van der Waals surface area (Å²) < 4.78 is 1.95. The van der Waals surface area contributed by atoms with Crippen molar-refractivity contribution in [3.8, 4) is 0 Å². The fourth-order valence-corrected chi connectivity index (χ4v) is 2.09. The van der Waals surface area contributed by atoms with Crippen molar-refractivity contribution in [2.45, 2.75) is 51.6 Å². The van der Waals surface area contributed by atoms with E-state index in [2.05, 4.69) is 17.3 Å². The summed E-state index contributed by atoms with van der Waals surface area (Å²) in [4.78, 5) is 12.1. The highest BCUT2D eigenvalue weighted by Gasteiger charge is 2.32. The van der Waals surface area contributed by atoms with Gasteiger partial charge in [-0.2, -0.15) is 5.10 Å². The van der Waals surface area contributed by atoms with Crippen molar-refractivity contribution < 1.29 is 9.90 Å². The number of carbonyl (C=O) groups is 1. The van der Waals surface area contributed by atoms with Crippen molar-refractivity contribution in [2.75, 3.05) is 6.61 Å². The van der Waals surface area contributed by atoms with Crippen LogP contribution in [0.25, 0.3) is 0 Å². The number of rotatable bonds is 6. The van der Waals surface area contributed by atoms with Crippen molar-refractivity contribution in [1.29, 1.82) is 0 Å². The Bertz CT molecular complexity index is 424. The molecule has 2 rings (SSSR count). The maximum Gasteiger partial charge on any atom is 0.255 e. The quantitative estimate of drug-likeness (QED) is 0.800. The third-order valence-electron chi connectivity index (χ3n) is 3.18. The molecule has 1 saturated carbocycles. The lowest BCUT2D eigenvalue weighted by molar-refractivity contribution is 0.0921. The van der Waals surface area contributed by atoms with E-state index in [0.717, 1.165) is 31.5 Å². The van der Waals surface area contributed by atoms with Crippen LogP contribution in [0.3, 0.4) is 0 Å². The Hall–Kier alpha value is -1.36. The number of hydrogen-bond donors (Lipinski definition) is 2. The molecular formula is C13H21N3O2. The summed E-state index contributed by atoms with van der Waals surface area (Å²) in [5.41, 5.74) is 1.74. The van der Waals surface area contributed by atoms with Crippen molar-refractivity contribution in [3.63, 3.8) is 0 Å². The number of aliphatic hydroxyl groups is 1. The zero-order valence-corrected chi connectivity index (χ0v) is 11.0. The highest BCUT2D eigenvalue weighted by Crippen LogP contribution is 2.41. The molecule has 1 aliphatic carbocycles. The topological polar surface area (TPSA) is 67.2 Å². The van der Waals surface area contributed by atoms with Gasteiger partial charge >= 0.3 is 0 Å². The van der Waals surface area contributed by atoms with Crippen LogP contribution in [0.4, 0.5) is 0 Å². The van der Waals surface area contributed by atoms with Crippen molar-refractivity contribution in [2.24, 2.45) is 0 Å². The molecular weight excluding hydrogens is 230 g/mol. The Morgan fingerprint density at radius 1 is 1.67 bits per heavy atom. The molecule has 0 spiro atoms. The number of carbonyl (C=O) groups excluding carboxylic acids is 1. The van der Waals surface area contributed by atoms with Crippen molar-refractivity contribution >= 4 is 5.91 Å². The average molecular weight is 251 g/mol. The second-order valence-corrected chi connectivity index (χ2v) is 5.00. The number of aryl methyl sites for hydroxylation is 1. The Kier molecular flexibility index (Phi) is 4.01. The van der Waals surface area contributed by atoms with Gasteiger partial charge in [0.15, 0.2) is 0 Å². The van der Waals surface area contributed by atoms with Gasteiger partial charge in [0.05, 0.1) is 24.1 Å². The highest BCUT2D eigenvalue weighted by molar-refractivity contribution is 5.95. The van der Waals surface area contributed by atoms with E-state index < -0.39 is 0 Å². The summed E-state index contributed by atoms with van der Waals surface area (Å²) in [6.45, 7) is 4.69. The molecule has 1 heterocycles. The van der Waals surface area contributed by atoms with Crippen LogP contribution in [0.5, 0.6) is 0 Å². The molecule has 100 valence electrons. The minimum Gasteiger partial charge on any atom is -0.394 e. The normalized spacial score (nSPS) is 16.6. The Morgan fingerprint density at radius 2 is 2.39 bits per heavy atom. The minimum atomic E-state index is -0.223. The predicted molar refractivity (Wildman–Crippen MR) is 68.5 cm³/mol. The van der Waals surface area contributed by atoms with Crippen LogP contribution in [0.2, 0.25) is 0 Å². The van der Waals surface area contributed by atoms with Crippen LogP contribution in [0.15, 0.2) is 6.20 Å². The second-order valence-electron chi connectivity index (χ2n) is 5.00. The summed E-state index contributed by atoms with van der Waals surface area (Å²) in [5.74, 6) is 0.366. The van der Waals surface area contributed by atoms with E-state index in [1.807, 2.05) is 4.68 Å². The Morgan fingerprint density at radius 3 is 2.94 bits per heavy atom. The zero-order chi connectivity index (χ0) is 13.1. The fourth-order valence-electron chi connectivity index (χ4n) is 2.09. The Labute approximate surface area is 107 Å². The first-order valence-corrected chi connectivity index (χ1v) is 6.64. The standard InChI is InChI=1S/C13H21N3O2/c1-3-6-16-12(10-4-5-10)11(7-14-16)13(18)15-9(2)8-17/h7,9-10,17H,3-6,8H2,1-2H3,(H,15,18). The fraction of sp³-hybridized carbons (Fsp3) is 0.692. The van der Waals surface area contributed by atoms with Gasteiger partial charge in [-0.25, -0.2) is 0 Å². The molecule has 0 aliphatic heterocycles. The van der Waals surface area contributed by atoms with Gasteiger partial charge in [0.2, 0.25) is 0 Å². The van der Waals surface area contributed by atoms with Crippen LogP contribution in [0.1, 0.15) is 55.1 Å². The third kappa shape index (κ3) is 2.72. The maximum atomic E-state index is 12.1. The van der Waals surface area contributed by atoms with Crippen LogP contribution in [-0.4, -0.2) is 33.4 Å². The molecule has 1 atom stereocenters. The lowest BCUT2D eigenvalue weighted by atomic mass is 10.1. The van der Waals surface area contributed by atoms with Gasteiger partial charge in [0, 0.05) is 18.5 Å². The van der Waals surface area contributed by atoms with Crippen LogP contribution >= 0.6 is 0 Å². The third-order valence-corrected chi connectivity index (χ3v) is 3.18. The Balaban J connectivity index is 2.19. The molecule has 0 saturated heterocycles. The van der Waals surface area contributed by atoms with E-state index in [1.54, 1.807) is 13.1 Å². The van der Waals surface area contributed by atoms with Crippen molar-refractivity contribution in [1.82, 2.24) is 15.1 Å². The van der Waals surface area contributed by atoms with Crippen LogP contribution < -0.4 is 5.32 Å². The molecule has 5 heteroatoms. The molecule has 5 nitrogen and oxygen atoms in total. The molecule has 1 amide bonds. The molecule has 0 radical (unpaired) electrons. The molecule has 0 bridgehead atoms. The van der Waals surface area contributed by atoms with Gasteiger partial charge in [-0.3, -0.25) is 9.48 Å². The van der Waals surface area contributed by atoms with E-state index in [-0.39, 0.29) is 18.6 Å². The van der Waals surface area contributed by atoms with Gasteiger partial charge in [-0.1, -0.05) is 6.92 Å². The lowest BCUT2D eigenvalue weighted by Crippen LogP contribution is -2.35. The smallest absolute Gasteiger partial charge is 0.255 e. The van der Waals surface area contributed by atoms with Gasteiger partial charge in [0.25, 0.3) is 5.91 Å². The number of aliphatic hydroxyl groups excluding tert-OH is 1. The summed E-state index contributed by atoms with van der Waals surface area (Å²) >= 11 is 0. The SMILES string of the molecule is CCCn1ncc(C(=O)NC(C)CO)c1C1CC1. The highest BCUT2D eigenvalue weighted by atomic mass is 16.3. The zero-order valence-electron chi connectivity index (χ0n) is 11.0. The molecule has 1 aliphatic rings. The van der Waals surface area contributed by atoms with E-state index in [1.165, 1.54) is 0 Å². The molecule has 0 aromatic carbocycles. The van der Waals surface area contributed by atoms with Crippen molar-refractivity contribution in [3.05, 3.63) is 17.5 Å². The van der Waals surface area contributed by atoms with Crippen LogP contribution in [-0.2, 0) is 6.54 Å². The summed E-state index contributed by atoms with van der Waals surface area (Å²) in [5, 5.41) is 16.1. The van der Waals surface area contributed by atoms with Crippen LogP contribution in [0, 0.1) is 0 Å². The summed E-state index contributed by atoms with van der Waals surface area (Å²) in [6.07, 6.45) is 4.95. The first-order chi connectivity index (χ1) is 8.67. The lowest BCUT2D eigenvalue weighted by Gasteiger charge is -2.12. The number of nitrogens with zero attached hydrogens (tertiary/aromatic N) is 2. The monoisotopic (exact) mass is 251 g/mol. The summed E-state index contributed by atoms with van der Waals surface area (Å²) in [7, 11) is 0. The molecule has 2 N–H and O–H groups in total. The molecule has 1 aromatic heterocycles. The first-order valence-electron chi connectivity index (χ1n) is 6.64. The number of hydrogen-bond acceptors (Lipinski definition) is 3. The first kappa shape index (κ1) is 13.1. The van der Waals surface area contributed by atoms with E-state index in [0.29, 0.717) is 11.5 Å². The predicted octanol–water partition coefficient (Wildman–Crippen LogP) is 1.28. The molecule has 18 heavy (non-hydrogen) atoms. The summed E-state index contributed by atoms with van der Waals surface area (Å²) in [6, 6.07) is -0.223. The largest absolute Gasteiger partial charge is 0.394 e. The average Bonchev–Trinajstić information content (AvgIpc) is 3.11. The van der Waals surface area contributed by atoms with E-state index >= 15 is 0 Å². The van der Waals surface area contributed by atoms with Gasteiger partial charge in [0.1, 0.15) is 0 Å². The number of amides is 1. The second kappa shape index (κ2) is 5.52. The van der Waals surface area contributed by atoms with E-state index in [9.17, 15) is 4.79 Å². The molecule has 1 fully saturated rings. The maximum absolute atomic E-state index is 12.1. The van der Waals surface area contributed by atoms with Gasteiger partial charge in [-0.15, -0.1) is 0 Å². The van der Waals surface area contributed by atoms with Gasteiger partial charge < -0.3 is 10.4 Å².